The molecule has 15 heavy (non-hydrogen) atoms. The fraction of sp³-hybridized carbons (Fsp3) is 0.429. The van der Waals surface area contributed by atoms with Gasteiger partial charge in [-0.15, -0.1) is 0 Å². The van der Waals surface area contributed by atoms with E-state index in [1.54, 1.807) is 0 Å². The van der Waals surface area contributed by atoms with E-state index in [1.165, 1.54) is 5.56 Å². The van der Waals surface area contributed by atoms with Crippen LogP contribution >= 0.6 is 0 Å². The van der Waals surface area contributed by atoms with Gasteiger partial charge >= 0.3 is 0 Å². The first-order chi connectivity index (χ1) is 7.79. The molecule has 2 rings (SSSR count). The van der Waals surface area contributed by atoms with Crippen molar-refractivity contribution in [3.63, 3.8) is 0 Å². The van der Waals surface area contributed by atoms with Crippen LogP contribution in [0.25, 0.3) is 6.08 Å². The van der Waals surface area contributed by atoms with Crippen molar-refractivity contribution < 1.29 is 6.11 Å². The third kappa shape index (κ3) is 2.69. The molecule has 0 aromatic heterocycles. The Kier molecular flexibility index (Phi) is 3.13. The van der Waals surface area contributed by atoms with Crippen molar-refractivity contribution in [3.05, 3.63) is 42.0 Å². The van der Waals surface area contributed by atoms with E-state index in [2.05, 4.69) is 31.2 Å². The molecule has 0 amide bonds. The van der Waals surface area contributed by atoms with E-state index in [-0.39, 0.29) is 12.7 Å². The molecule has 0 spiro atoms. The third-order valence-corrected chi connectivity index (χ3v) is 2.85. The highest BCUT2D eigenvalue weighted by Crippen LogP contribution is 2.25. The zero-order chi connectivity index (χ0) is 11.4. The molecule has 1 aliphatic heterocycles. The topological polar surface area (TPSA) is 9.23 Å². The fourth-order valence-electron chi connectivity index (χ4n) is 1.94. The van der Waals surface area contributed by atoms with Crippen LogP contribution in [0.3, 0.4) is 0 Å². The molecule has 0 bridgehead atoms. The second kappa shape index (κ2) is 5.13. The van der Waals surface area contributed by atoms with Crippen molar-refractivity contribution in [1.29, 1.82) is 0 Å². The minimum atomic E-state index is -0.338. The van der Waals surface area contributed by atoms with Crippen LogP contribution in [0, 0.1) is 5.92 Å². The van der Waals surface area contributed by atoms with E-state index in [4.69, 9.17) is 6.11 Å². The first-order valence-electron chi connectivity index (χ1n) is 6.18. The molecule has 1 fully saturated rings. The normalized spacial score (nSPS) is 32.1. The van der Waals surface area contributed by atoms with Gasteiger partial charge in [0.25, 0.3) is 0 Å². The molecule has 1 heterocycles. The van der Waals surface area contributed by atoms with Crippen molar-refractivity contribution in [1.82, 2.24) is 0 Å². The fourth-order valence-corrected chi connectivity index (χ4v) is 1.94. The Morgan fingerprint density at radius 3 is 3.00 bits per heavy atom. The molecule has 0 saturated carbocycles. The van der Waals surface area contributed by atoms with Gasteiger partial charge in [-0.1, -0.05) is 49.4 Å². The van der Waals surface area contributed by atoms with Gasteiger partial charge in [0.05, 0.1) is 7.47 Å². The molecular weight excluding hydrogens is 184 g/mol. The van der Waals surface area contributed by atoms with Crippen molar-refractivity contribution in [3.8, 4) is 0 Å². The third-order valence-electron chi connectivity index (χ3n) is 2.85. The summed E-state index contributed by atoms with van der Waals surface area (Å²) in [6, 6.07) is 10.3. The summed E-state index contributed by atoms with van der Waals surface area (Å²) < 4.78 is 13.1. The molecule has 1 aromatic rings. The molecule has 1 nitrogen and oxygen atoms in total. The lowest BCUT2D eigenvalue weighted by molar-refractivity contribution is 0.0962. The Balaban J connectivity index is 2.01. The molecular formula is C14H18O. The number of hydrogen-bond donors (Lipinski definition) is 0. The summed E-state index contributed by atoms with van der Waals surface area (Å²) in [7, 11) is 0. The van der Waals surface area contributed by atoms with Gasteiger partial charge in [0, 0.05) is 12.5 Å². The molecule has 1 aliphatic rings. The number of rotatable bonds is 3. The maximum absolute atomic E-state index is 7.62. The minimum absolute atomic E-state index is 0.225. The van der Waals surface area contributed by atoms with Crippen molar-refractivity contribution in [2.45, 2.75) is 25.9 Å². The molecule has 0 N–H and O–H groups in total. The van der Waals surface area contributed by atoms with Crippen LogP contribution in [0.4, 0.5) is 0 Å². The average molecular weight is 204 g/mol. The molecule has 1 heteroatoms. The zero-order valence-electron chi connectivity index (χ0n) is 10.1. The Morgan fingerprint density at radius 1 is 1.47 bits per heavy atom. The highest BCUT2D eigenvalue weighted by atomic mass is 16.5. The summed E-state index contributed by atoms with van der Waals surface area (Å²) in [4.78, 5) is 0. The van der Waals surface area contributed by atoms with Crippen molar-refractivity contribution in [2.24, 2.45) is 5.92 Å². The molecule has 1 unspecified atom stereocenters. The molecule has 1 saturated heterocycles. The standard InChI is InChI=1S/C14H18O/c1-2-14-13(10-11-15-14)9-8-12-6-4-3-5-7-12/h3-9,13-14H,2,10-11H2,1H3/b9-8+/t13?,14-/m1/s1/i11T/t11-,13?,14+/m0. The highest BCUT2D eigenvalue weighted by Gasteiger charge is 2.23. The van der Waals surface area contributed by atoms with Gasteiger partial charge in [-0.2, -0.15) is 0 Å². The van der Waals surface area contributed by atoms with Crippen LogP contribution in [-0.4, -0.2) is 12.7 Å². The first-order valence-corrected chi connectivity index (χ1v) is 5.60. The van der Waals surface area contributed by atoms with Gasteiger partial charge < -0.3 is 4.74 Å². The lowest BCUT2D eigenvalue weighted by Crippen LogP contribution is -2.11. The first kappa shape index (κ1) is 9.17. The molecule has 0 radical (unpaired) electrons. The van der Waals surface area contributed by atoms with Crippen molar-refractivity contribution >= 4 is 6.08 Å². The molecule has 80 valence electrons. The van der Waals surface area contributed by atoms with E-state index in [1.807, 2.05) is 18.2 Å². The Morgan fingerprint density at radius 2 is 2.27 bits per heavy atom. The van der Waals surface area contributed by atoms with Gasteiger partial charge in [-0.05, 0) is 18.4 Å². The Hall–Kier alpha value is -1.08. The molecule has 3 atom stereocenters. The lowest BCUT2D eigenvalue weighted by atomic mass is 9.98. The molecule has 1 aromatic carbocycles. The maximum Gasteiger partial charge on any atom is 0.0636 e. The summed E-state index contributed by atoms with van der Waals surface area (Å²) in [5.74, 6) is 0.396. The summed E-state index contributed by atoms with van der Waals surface area (Å²) >= 11 is 0. The highest BCUT2D eigenvalue weighted by molar-refractivity contribution is 5.49. The van der Waals surface area contributed by atoms with E-state index in [9.17, 15) is 0 Å². The second-order valence-electron chi connectivity index (χ2n) is 3.92. The number of benzene rings is 1. The van der Waals surface area contributed by atoms with Gasteiger partial charge in [0.1, 0.15) is 0 Å². The molecule has 0 aliphatic carbocycles. The maximum atomic E-state index is 7.62. The van der Waals surface area contributed by atoms with E-state index in [0.29, 0.717) is 5.92 Å². The number of hydrogen-bond acceptors (Lipinski definition) is 1. The predicted octanol–water partition coefficient (Wildman–Crippen LogP) is 3.51. The predicted molar refractivity (Wildman–Crippen MR) is 63.6 cm³/mol. The van der Waals surface area contributed by atoms with E-state index >= 15 is 0 Å². The van der Waals surface area contributed by atoms with Crippen LogP contribution in [0.1, 0.15) is 26.7 Å². The van der Waals surface area contributed by atoms with Crippen LogP contribution in [0.2, 0.25) is 0 Å². The van der Waals surface area contributed by atoms with Gasteiger partial charge in [0.15, 0.2) is 0 Å². The summed E-state index contributed by atoms with van der Waals surface area (Å²) in [5.41, 5.74) is 1.21. The SMILES string of the molecule is [3H][C@H]1CC(/C=C/c2ccccc2)[C@@H](CC)O1. The van der Waals surface area contributed by atoms with Crippen LogP contribution < -0.4 is 0 Å². The monoisotopic (exact) mass is 204 g/mol. The van der Waals surface area contributed by atoms with E-state index < -0.39 is 0 Å². The van der Waals surface area contributed by atoms with Crippen LogP contribution in [0.15, 0.2) is 36.4 Å². The Bertz CT molecular complexity index is 347. The van der Waals surface area contributed by atoms with E-state index in [0.717, 1.165) is 12.8 Å². The largest absolute Gasteiger partial charge is 0.378 e. The summed E-state index contributed by atoms with van der Waals surface area (Å²) in [6.45, 7) is 1.78. The van der Waals surface area contributed by atoms with Crippen LogP contribution in [-0.2, 0) is 4.74 Å². The number of ether oxygens (including phenoxy) is 1. The zero-order valence-corrected chi connectivity index (χ0v) is 9.10. The van der Waals surface area contributed by atoms with Crippen molar-refractivity contribution in [2.75, 3.05) is 6.58 Å². The Labute approximate surface area is 93.2 Å². The lowest BCUT2D eigenvalue weighted by Gasteiger charge is -2.12. The minimum Gasteiger partial charge on any atom is -0.378 e. The second-order valence-corrected chi connectivity index (χ2v) is 3.92. The average Bonchev–Trinajstić information content (AvgIpc) is 2.68. The van der Waals surface area contributed by atoms with Crippen LogP contribution in [0.5, 0.6) is 0 Å². The van der Waals surface area contributed by atoms with Gasteiger partial charge in [0.2, 0.25) is 0 Å². The quantitative estimate of drug-likeness (QED) is 0.732. The summed E-state index contributed by atoms with van der Waals surface area (Å²) in [6.07, 6.45) is 6.36. The van der Waals surface area contributed by atoms with Gasteiger partial charge in [-0.25, -0.2) is 0 Å². The smallest absolute Gasteiger partial charge is 0.0636 e. The summed E-state index contributed by atoms with van der Waals surface area (Å²) in [5, 5.41) is 0. The van der Waals surface area contributed by atoms with Gasteiger partial charge in [-0.3, -0.25) is 0 Å².